The maximum Gasteiger partial charge on any atom is 0.230 e. The normalized spacial score (nSPS) is 10.3. The number of aryl methyl sites for hydroxylation is 2. The molecule has 0 radical (unpaired) electrons. The predicted octanol–water partition coefficient (Wildman–Crippen LogP) is 2.95. The van der Waals surface area contributed by atoms with Crippen molar-refractivity contribution in [2.24, 2.45) is 0 Å². The molecule has 0 bridgehead atoms. The Balaban J connectivity index is 2.16. The number of nitrogens with zero attached hydrogens (tertiary/aromatic N) is 1. The number of anilines is 1. The summed E-state index contributed by atoms with van der Waals surface area (Å²) in [6.45, 7) is 3.99. The second-order valence-electron chi connectivity index (χ2n) is 4.34. The first-order valence-corrected chi connectivity index (χ1v) is 6.81. The summed E-state index contributed by atoms with van der Waals surface area (Å²) in [4.78, 5) is 16.0. The molecular formula is C14H16N2O2S. The number of carbonyl (C=O) groups is 1. The van der Waals surface area contributed by atoms with Crippen LogP contribution in [-0.4, -0.2) is 18.0 Å². The van der Waals surface area contributed by atoms with E-state index in [9.17, 15) is 4.79 Å². The fourth-order valence-electron chi connectivity index (χ4n) is 2.09. The number of thiazole rings is 1. The minimum atomic E-state index is -0.0850. The van der Waals surface area contributed by atoms with Crippen LogP contribution in [0.4, 0.5) is 5.13 Å². The van der Waals surface area contributed by atoms with Crippen molar-refractivity contribution in [1.82, 2.24) is 4.98 Å². The van der Waals surface area contributed by atoms with Crippen molar-refractivity contribution < 1.29 is 9.53 Å². The van der Waals surface area contributed by atoms with E-state index in [2.05, 4.69) is 10.3 Å². The lowest BCUT2D eigenvalue weighted by Gasteiger charge is -2.12. The van der Waals surface area contributed by atoms with Crippen LogP contribution < -0.4 is 10.1 Å². The maximum atomic E-state index is 12.0. The molecule has 2 aromatic rings. The molecule has 2 rings (SSSR count). The van der Waals surface area contributed by atoms with Gasteiger partial charge >= 0.3 is 0 Å². The van der Waals surface area contributed by atoms with Crippen LogP contribution in [0.5, 0.6) is 5.75 Å². The highest BCUT2D eigenvalue weighted by molar-refractivity contribution is 7.13. The number of hydrogen-bond acceptors (Lipinski definition) is 4. The molecule has 0 saturated heterocycles. The van der Waals surface area contributed by atoms with Gasteiger partial charge in [0, 0.05) is 17.1 Å². The van der Waals surface area contributed by atoms with Crippen molar-refractivity contribution in [2.75, 3.05) is 12.4 Å². The van der Waals surface area contributed by atoms with Crippen molar-refractivity contribution >= 4 is 22.4 Å². The van der Waals surface area contributed by atoms with Gasteiger partial charge in [0.2, 0.25) is 5.91 Å². The monoisotopic (exact) mass is 276 g/mol. The molecule has 1 heterocycles. The van der Waals surface area contributed by atoms with Gasteiger partial charge in [0.15, 0.2) is 5.13 Å². The van der Waals surface area contributed by atoms with E-state index in [0.29, 0.717) is 5.13 Å². The van der Waals surface area contributed by atoms with Gasteiger partial charge < -0.3 is 10.1 Å². The molecule has 0 atom stereocenters. The van der Waals surface area contributed by atoms with Crippen LogP contribution in [0.25, 0.3) is 0 Å². The summed E-state index contributed by atoms with van der Waals surface area (Å²) in [7, 11) is 1.62. The zero-order chi connectivity index (χ0) is 13.8. The Morgan fingerprint density at radius 2 is 2.21 bits per heavy atom. The van der Waals surface area contributed by atoms with Crippen LogP contribution in [0.2, 0.25) is 0 Å². The number of aromatic nitrogens is 1. The molecule has 1 aromatic carbocycles. The number of hydrogen-bond donors (Lipinski definition) is 1. The van der Waals surface area contributed by atoms with Gasteiger partial charge in [-0.05, 0) is 19.4 Å². The lowest BCUT2D eigenvalue weighted by molar-refractivity contribution is -0.115. The fourth-order valence-corrected chi connectivity index (χ4v) is 2.63. The van der Waals surface area contributed by atoms with Gasteiger partial charge in [-0.2, -0.15) is 0 Å². The highest BCUT2D eigenvalue weighted by Gasteiger charge is 2.12. The van der Waals surface area contributed by atoms with Crippen molar-refractivity contribution in [3.05, 3.63) is 40.4 Å². The Kier molecular flexibility index (Phi) is 4.16. The smallest absolute Gasteiger partial charge is 0.230 e. The Hall–Kier alpha value is -1.88. The van der Waals surface area contributed by atoms with E-state index < -0.39 is 0 Å². The molecule has 5 heteroatoms. The molecular weight excluding hydrogens is 260 g/mol. The molecule has 1 amide bonds. The van der Waals surface area contributed by atoms with Gasteiger partial charge in [-0.1, -0.05) is 17.7 Å². The Morgan fingerprint density at radius 3 is 2.84 bits per heavy atom. The van der Waals surface area contributed by atoms with Gasteiger partial charge in [0.05, 0.1) is 13.5 Å². The van der Waals surface area contributed by atoms with E-state index in [1.165, 1.54) is 11.3 Å². The number of nitrogens with one attached hydrogen (secondary N) is 1. The molecule has 0 fully saturated rings. The van der Waals surface area contributed by atoms with Crippen LogP contribution in [-0.2, 0) is 11.2 Å². The number of rotatable bonds is 4. The number of amides is 1. The van der Waals surface area contributed by atoms with E-state index in [0.717, 1.165) is 22.4 Å². The third kappa shape index (κ3) is 3.32. The summed E-state index contributed by atoms with van der Waals surface area (Å²) in [5.41, 5.74) is 3.06. The molecule has 0 saturated carbocycles. The van der Waals surface area contributed by atoms with Crippen molar-refractivity contribution in [2.45, 2.75) is 20.3 Å². The van der Waals surface area contributed by atoms with Gasteiger partial charge in [0.1, 0.15) is 5.75 Å². The van der Waals surface area contributed by atoms with Crippen LogP contribution in [0.3, 0.4) is 0 Å². The second kappa shape index (κ2) is 5.84. The van der Waals surface area contributed by atoms with Crippen molar-refractivity contribution in [3.63, 3.8) is 0 Å². The van der Waals surface area contributed by atoms with Crippen LogP contribution in [0.15, 0.2) is 23.7 Å². The maximum absolute atomic E-state index is 12.0. The summed E-state index contributed by atoms with van der Waals surface area (Å²) in [6, 6.07) is 4.02. The molecule has 0 aliphatic heterocycles. The second-order valence-corrected chi connectivity index (χ2v) is 5.23. The van der Waals surface area contributed by atoms with Gasteiger partial charge in [-0.3, -0.25) is 4.79 Å². The Bertz CT molecular complexity index is 579. The lowest BCUT2D eigenvalue weighted by Crippen LogP contribution is -2.15. The van der Waals surface area contributed by atoms with Crippen molar-refractivity contribution in [1.29, 1.82) is 0 Å². The SMILES string of the molecule is COc1c(C)cc(C)cc1CC(=O)Nc1nccs1. The third-order valence-electron chi connectivity index (χ3n) is 2.73. The molecule has 0 aliphatic rings. The Morgan fingerprint density at radius 1 is 1.42 bits per heavy atom. The molecule has 0 aliphatic carbocycles. The van der Waals surface area contributed by atoms with Crippen LogP contribution in [0, 0.1) is 13.8 Å². The topological polar surface area (TPSA) is 51.2 Å². The molecule has 0 unspecified atom stereocenters. The Labute approximate surface area is 116 Å². The number of ether oxygens (including phenoxy) is 1. The summed E-state index contributed by atoms with van der Waals surface area (Å²) in [5.74, 6) is 0.693. The standard InChI is InChI=1S/C14H16N2O2S/c1-9-6-10(2)13(18-3)11(7-9)8-12(17)16-14-15-4-5-19-14/h4-7H,8H2,1-3H3,(H,15,16,17). The highest BCUT2D eigenvalue weighted by Crippen LogP contribution is 2.25. The molecule has 4 nitrogen and oxygen atoms in total. The average Bonchev–Trinajstić information content (AvgIpc) is 2.81. The van der Waals surface area contributed by atoms with E-state index in [-0.39, 0.29) is 12.3 Å². The van der Waals surface area contributed by atoms with Gasteiger partial charge in [-0.15, -0.1) is 11.3 Å². The molecule has 1 N–H and O–H groups in total. The van der Waals surface area contributed by atoms with Gasteiger partial charge in [0.25, 0.3) is 0 Å². The minimum Gasteiger partial charge on any atom is -0.496 e. The summed E-state index contributed by atoms with van der Waals surface area (Å²) in [6.07, 6.45) is 1.95. The molecule has 19 heavy (non-hydrogen) atoms. The summed E-state index contributed by atoms with van der Waals surface area (Å²) in [5, 5.41) is 5.22. The van der Waals surface area contributed by atoms with E-state index in [4.69, 9.17) is 4.74 Å². The number of benzene rings is 1. The summed E-state index contributed by atoms with van der Waals surface area (Å²) >= 11 is 1.40. The first-order chi connectivity index (χ1) is 9.10. The zero-order valence-corrected chi connectivity index (χ0v) is 12.0. The summed E-state index contributed by atoms with van der Waals surface area (Å²) < 4.78 is 5.37. The largest absolute Gasteiger partial charge is 0.496 e. The molecule has 100 valence electrons. The minimum absolute atomic E-state index is 0.0850. The molecule has 0 spiro atoms. The quantitative estimate of drug-likeness (QED) is 0.934. The number of carbonyl (C=O) groups excluding carboxylic acids is 1. The van der Waals surface area contributed by atoms with E-state index in [1.54, 1.807) is 13.3 Å². The van der Waals surface area contributed by atoms with E-state index in [1.807, 2.05) is 31.4 Å². The first-order valence-electron chi connectivity index (χ1n) is 5.93. The average molecular weight is 276 g/mol. The number of methoxy groups -OCH3 is 1. The predicted molar refractivity (Wildman–Crippen MR) is 76.9 cm³/mol. The van der Waals surface area contributed by atoms with E-state index >= 15 is 0 Å². The third-order valence-corrected chi connectivity index (χ3v) is 3.42. The van der Waals surface area contributed by atoms with Crippen LogP contribution in [0.1, 0.15) is 16.7 Å². The first kappa shape index (κ1) is 13.5. The molecule has 1 aromatic heterocycles. The van der Waals surface area contributed by atoms with Crippen molar-refractivity contribution in [3.8, 4) is 5.75 Å². The highest BCUT2D eigenvalue weighted by atomic mass is 32.1. The van der Waals surface area contributed by atoms with Crippen LogP contribution >= 0.6 is 11.3 Å². The fraction of sp³-hybridized carbons (Fsp3) is 0.286. The zero-order valence-electron chi connectivity index (χ0n) is 11.2. The van der Waals surface area contributed by atoms with Gasteiger partial charge in [-0.25, -0.2) is 4.98 Å². The lowest BCUT2D eigenvalue weighted by atomic mass is 10.0.